The molecule has 2 aromatic rings. The van der Waals surface area contributed by atoms with E-state index in [4.69, 9.17) is 0 Å². The number of halogens is 1. The normalized spacial score (nSPS) is 15.4. The minimum absolute atomic E-state index is 0.0125. The van der Waals surface area contributed by atoms with E-state index >= 15 is 0 Å². The molecule has 0 atom stereocenters. The highest BCUT2D eigenvalue weighted by Crippen LogP contribution is 2.09. The van der Waals surface area contributed by atoms with Gasteiger partial charge in [0.25, 0.3) is 0 Å². The predicted octanol–water partition coefficient (Wildman–Crippen LogP) is 0.207. The highest BCUT2D eigenvalue weighted by atomic mass is 32.2. The van der Waals surface area contributed by atoms with Crippen LogP contribution in [-0.2, 0) is 21.4 Å². The van der Waals surface area contributed by atoms with Gasteiger partial charge in [0, 0.05) is 30.9 Å². The number of hydrogen-bond acceptors (Lipinski definition) is 4. The number of aromatic nitrogens is 1. The van der Waals surface area contributed by atoms with Crippen molar-refractivity contribution in [2.75, 3.05) is 32.7 Å². The Bertz CT molecular complexity index is 899. The zero-order valence-electron chi connectivity index (χ0n) is 16.2. The van der Waals surface area contributed by atoms with Gasteiger partial charge in [-0.15, -0.1) is 0 Å². The molecular weight excluding hydrogens is 395 g/mol. The Balaban J connectivity index is 1.36. The standard InChI is InChI=1S/C20H25FN4O3S/c21-18-3-5-19(6-4-18)29(27,28)23-9-1-2-20(26)25-14-12-24(13-15-25)16-17-7-10-22-11-8-17/h3-8,10-11,23H,1-2,9,12-16H2/p+1. The van der Waals surface area contributed by atoms with Gasteiger partial charge in [-0.2, -0.15) is 0 Å². The summed E-state index contributed by atoms with van der Waals surface area (Å²) in [5.41, 5.74) is 1.24. The first-order valence-corrected chi connectivity index (χ1v) is 11.2. The Morgan fingerprint density at radius 3 is 2.41 bits per heavy atom. The van der Waals surface area contributed by atoms with Crippen LogP contribution in [-0.4, -0.2) is 56.9 Å². The third-order valence-electron chi connectivity index (χ3n) is 5.01. The number of carbonyl (C=O) groups excluding carboxylic acids is 1. The molecule has 1 aromatic carbocycles. The molecule has 9 heteroatoms. The lowest BCUT2D eigenvalue weighted by Gasteiger charge is -2.32. The van der Waals surface area contributed by atoms with Gasteiger partial charge in [0.15, 0.2) is 0 Å². The summed E-state index contributed by atoms with van der Waals surface area (Å²) in [6.45, 7) is 4.30. The Morgan fingerprint density at radius 1 is 1.10 bits per heavy atom. The quantitative estimate of drug-likeness (QED) is 0.597. The zero-order valence-corrected chi connectivity index (χ0v) is 17.0. The van der Waals surface area contributed by atoms with Crippen LogP contribution in [0.2, 0.25) is 0 Å². The number of sulfonamides is 1. The molecular formula is C20H26FN4O3S+. The van der Waals surface area contributed by atoms with Crippen LogP contribution in [0.1, 0.15) is 18.4 Å². The largest absolute Gasteiger partial charge is 0.331 e. The SMILES string of the molecule is O=C(CCCNS(=O)(=O)c1ccc(F)cc1)N1CC[NH+](Cc2ccncc2)CC1. The number of carbonyl (C=O) groups is 1. The van der Waals surface area contributed by atoms with Gasteiger partial charge in [-0.25, -0.2) is 17.5 Å². The van der Waals surface area contributed by atoms with Crippen molar-refractivity contribution in [3.8, 4) is 0 Å². The lowest BCUT2D eigenvalue weighted by molar-refractivity contribution is -0.917. The number of rotatable bonds is 8. The molecule has 1 fully saturated rings. The number of quaternary nitrogens is 1. The number of piperazine rings is 1. The maximum Gasteiger partial charge on any atom is 0.240 e. The fraction of sp³-hybridized carbons (Fsp3) is 0.400. The van der Waals surface area contributed by atoms with Crippen LogP contribution in [0.4, 0.5) is 4.39 Å². The van der Waals surface area contributed by atoms with Gasteiger partial charge < -0.3 is 9.80 Å². The Kier molecular flexibility index (Phi) is 7.29. The molecule has 0 bridgehead atoms. The minimum atomic E-state index is -3.69. The van der Waals surface area contributed by atoms with Crippen LogP contribution in [0.3, 0.4) is 0 Å². The van der Waals surface area contributed by atoms with Crippen molar-refractivity contribution < 1.29 is 22.5 Å². The summed E-state index contributed by atoms with van der Waals surface area (Å²) >= 11 is 0. The smallest absolute Gasteiger partial charge is 0.240 e. The van der Waals surface area contributed by atoms with Gasteiger partial charge in [-0.3, -0.25) is 9.78 Å². The van der Waals surface area contributed by atoms with E-state index in [1.807, 2.05) is 17.0 Å². The average Bonchev–Trinajstić information content (AvgIpc) is 2.73. The molecule has 2 N–H and O–H groups in total. The number of nitrogens with zero attached hydrogens (tertiary/aromatic N) is 2. The number of hydrogen-bond donors (Lipinski definition) is 2. The van der Waals surface area contributed by atoms with E-state index in [0.717, 1.165) is 31.8 Å². The maximum atomic E-state index is 12.9. The molecule has 0 aliphatic carbocycles. The van der Waals surface area contributed by atoms with Crippen molar-refractivity contribution in [3.63, 3.8) is 0 Å². The molecule has 0 radical (unpaired) electrons. The first kappa shape index (κ1) is 21.4. The van der Waals surface area contributed by atoms with E-state index in [1.54, 1.807) is 12.4 Å². The van der Waals surface area contributed by atoms with Crippen molar-refractivity contribution in [2.24, 2.45) is 0 Å². The summed E-state index contributed by atoms with van der Waals surface area (Å²) in [4.78, 5) is 19.7. The molecule has 1 amide bonds. The van der Waals surface area contributed by atoms with Gasteiger partial charge in [0.1, 0.15) is 12.4 Å². The Hall–Kier alpha value is -2.36. The summed E-state index contributed by atoms with van der Waals surface area (Å²) in [6, 6.07) is 8.67. The number of nitrogens with one attached hydrogen (secondary N) is 2. The summed E-state index contributed by atoms with van der Waals surface area (Å²) in [6.07, 6.45) is 4.30. The molecule has 0 saturated carbocycles. The molecule has 3 rings (SSSR count). The Morgan fingerprint density at radius 2 is 1.76 bits per heavy atom. The van der Waals surface area contributed by atoms with Crippen LogP contribution >= 0.6 is 0 Å². The van der Waals surface area contributed by atoms with Gasteiger partial charge in [-0.05, 0) is 42.8 Å². The van der Waals surface area contributed by atoms with E-state index < -0.39 is 15.8 Å². The van der Waals surface area contributed by atoms with Gasteiger partial charge >= 0.3 is 0 Å². The fourth-order valence-electron chi connectivity index (χ4n) is 3.34. The Labute approximate surface area is 170 Å². The van der Waals surface area contributed by atoms with Crippen molar-refractivity contribution in [3.05, 3.63) is 60.2 Å². The second-order valence-corrected chi connectivity index (χ2v) is 8.89. The van der Waals surface area contributed by atoms with Crippen molar-refractivity contribution >= 4 is 15.9 Å². The molecule has 1 saturated heterocycles. The zero-order chi connectivity index (χ0) is 20.7. The molecule has 29 heavy (non-hydrogen) atoms. The monoisotopic (exact) mass is 421 g/mol. The summed E-state index contributed by atoms with van der Waals surface area (Å²) in [7, 11) is -3.69. The minimum Gasteiger partial charge on any atom is -0.331 e. The maximum absolute atomic E-state index is 12.9. The van der Waals surface area contributed by atoms with E-state index in [9.17, 15) is 17.6 Å². The predicted molar refractivity (Wildman–Crippen MR) is 106 cm³/mol. The summed E-state index contributed by atoms with van der Waals surface area (Å²) in [5, 5.41) is 0. The summed E-state index contributed by atoms with van der Waals surface area (Å²) in [5.74, 6) is -0.439. The van der Waals surface area contributed by atoms with Crippen LogP contribution in [0.5, 0.6) is 0 Å². The van der Waals surface area contributed by atoms with Crippen molar-refractivity contribution in [1.29, 1.82) is 0 Å². The van der Waals surface area contributed by atoms with E-state index in [0.29, 0.717) is 25.9 Å². The van der Waals surface area contributed by atoms with Crippen LogP contribution < -0.4 is 9.62 Å². The van der Waals surface area contributed by atoms with Crippen LogP contribution in [0.15, 0.2) is 53.7 Å². The molecule has 1 aliphatic heterocycles. The van der Waals surface area contributed by atoms with E-state index in [1.165, 1.54) is 22.6 Å². The van der Waals surface area contributed by atoms with Gasteiger partial charge in [-0.1, -0.05) is 0 Å². The molecule has 7 nitrogen and oxygen atoms in total. The fourth-order valence-corrected chi connectivity index (χ4v) is 4.41. The van der Waals surface area contributed by atoms with E-state index in [-0.39, 0.29) is 17.3 Å². The van der Waals surface area contributed by atoms with Gasteiger partial charge in [0.05, 0.1) is 31.1 Å². The van der Waals surface area contributed by atoms with E-state index in [2.05, 4.69) is 9.71 Å². The lowest BCUT2D eigenvalue weighted by atomic mass is 10.2. The molecule has 0 spiro atoms. The number of pyridine rings is 1. The molecule has 0 unspecified atom stereocenters. The topological polar surface area (TPSA) is 83.8 Å². The first-order valence-electron chi connectivity index (χ1n) is 9.69. The second kappa shape index (κ2) is 9.91. The third kappa shape index (κ3) is 6.31. The molecule has 2 heterocycles. The van der Waals surface area contributed by atoms with Crippen molar-refractivity contribution in [2.45, 2.75) is 24.3 Å². The average molecular weight is 422 g/mol. The lowest BCUT2D eigenvalue weighted by Crippen LogP contribution is -3.13. The highest BCUT2D eigenvalue weighted by molar-refractivity contribution is 7.89. The second-order valence-electron chi connectivity index (χ2n) is 7.12. The van der Waals surface area contributed by atoms with Gasteiger partial charge in [0.2, 0.25) is 15.9 Å². The molecule has 1 aromatic heterocycles. The first-order chi connectivity index (χ1) is 13.9. The third-order valence-corrected chi connectivity index (χ3v) is 6.49. The molecule has 1 aliphatic rings. The number of amides is 1. The molecule has 156 valence electrons. The van der Waals surface area contributed by atoms with Crippen molar-refractivity contribution in [1.82, 2.24) is 14.6 Å². The van der Waals surface area contributed by atoms with Crippen LogP contribution in [0.25, 0.3) is 0 Å². The summed E-state index contributed by atoms with van der Waals surface area (Å²) < 4.78 is 39.7. The number of benzene rings is 1. The van der Waals surface area contributed by atoms with Crippen LogP contribution in [0, 0.1) is 5.82 Å². The highest BCUT2D eigenvalue weighted by Gasteiger charge is 2.23.